The topological polar surface area (TPSA) is 29.5 Å². The Morgan fingerprint density at radius 1 is 0.362 bits per heavy atom. The molecule has 2 aromatic heterocycles. The summed E-state index contributed by atoms with van der Waals surface area (Å²) >= 11 is 0. The molecular weight excluding hydrogens is 707 g/mol. The van der Waals surface area contributed by atoms with Crippen LogP contribution in [0.5, 0.6) is 0 Å². The minimum Gasteiger partial charge on any atom is -0.456 e. The molecule has 0 aliphatic heterocycles. The Bertz CT molecular complexity index is 3420. The zero-order chi connectivity index (χ0) is 38.5. The molecule has 0 unspecified atom stereocenters. The van der Waals surface area contributed by atoms with Gasteiger partial charge in [0.25, 0.3) is 0 Å². The molecule has 2 heterocycles. The van der Waals surface area contributed by atoms with Crippen LogP contribution in [0.2, 0.25) is 0 Å². The van der Waals surface area contributed by atoms with Crippen molar-refractivity contribution in [3.63, 3.8) is 0 Å². The van der Waals surface area contributed by atoms with Gasteiger partial charge in [-0.15, -0.1) is 0 Å². The van der Waals surface area contributed by atoms with Crippen molar-refractivity contribution in [2.24, 2.45) is 0 Å². The van der Waals surface area contributed by atoms with Crippen molar-refractivity contribution >= 4 is 71.7 Å². The summed E-state index contributed by atoms with van der Waals surface area (Å²) in [5, 5.41) is 6.77. The zero-order valence-electron chi connectivity index (χ0n) is 32.2. The predicted octanol–water partition coefficient (Wildman–Crippen LogP) is 15.7. The maximum atomic E-state index is 6.71. The van der Waals surface area contributed by atoms with Crippen LogP contribution >= 0.6 is 0 Å². The van der Waals surface area contributed by atoms with Crippen molar-refractivity contribution in [1.82, 2.24) is 0 Å². The second-order valence-electron chi connectivity index (χ2n) is 16.0. The molecule has 0 saturated carbocycles. The summed E-state index contributed by atoms with van der Waals surface area (Å²) in [7, 11) is 0. The largest absolute Gasteiger partial charge is 0.456 e. The maximum Gasteiger partial charge on any atom is 0.136 e. The number of fused-ring (bicyclic) bond motifs is 12. The summed E-state index contributed by atoms with van der Waals surface area (Å²) in [5.74, 6) is 0. The van der Waals surface area contributed by atoms with E-state index in [0.717, 1.165) is 77.5 Å². The highest BCUT2D eigenvalue weighted by Crippen LogP contribution is 2.52. The van der Waals surface area contributed by atoms with E-state index in [1.54, 1.807) is 0 Å². The summed E-state index contributed by atoms with van der Waals surface area (Å²) in [6.07, 6.45) is 0. The van der Waals surface area contributed by atoms with Crippen LogP contribution in [0.1, 0.15) is 25.0 Å². The van der Waals surface area contributed by atoms with Crippen LogP contribution in [-0.2, 0) is 5.41 Å². The first kappa shape index (κ1) is 32.8. The van der Waals surface area contributed by atoms with E-state index >= 15 is 0 Å². The number of nitrogens with zero attached hydrogens (tertiary/aromatic N) is 1. The smallest absolute Gasteiger partial charge is 0.136 e. The quantitative estimate of drug-likeness (QED) is 0.176. The van der Waals surface area contributed by atoms with E-state index in [1.807, 2.05) is 24.3 Å². The molecule has 0 radical (unpaired) electrons. The van der Waals surface area contributed by atoms with E-state index in [4.69, 9.17) is 8.83 Å². The third kappa shape index (κ3) is 4.74. The molecule has 1 aliphatic rings. The van der Waals surface area contributed by atoms with Crippen molar-refractivity contribution in [3.05, 3.63) is 199 Å². The van der Waals surface area contributed by atoms with Gasteiger partial charge in [-0.1, -0.05) is 147 Å². The van der Waals surface area contributed by atoms with E-state index in [2.05, 4.69) is 183 Å². The Kier molecular flexibility index (Phi) is 6.98. The van der Waals surface area contributed by atoms with Gasteiger partial charge in [0.15, 0.2) is 0 Å². The molecule has 0 atom stereocenters. The monoisotopic (exact) mass is 743 g/mol. The third-order valence-electron chi connectivity index (χ3n) is 12.5. The number of furan rings is 2. The summed E-state index contributed by atoms with van der Waals surface area (Å²) in [6.45, 7) is 4.70. The van der Waals surface area contributed by atoms with Gasteiger partial charge in [-0.3, -0.25) is 0 Å². The summed E-state index contributed by atoms with van der Waals surface area (Å²) in [5.41, 5.74) is 16.7. The molecule has 3 heteroatoms. The maximum absolute atomic E-state index is 6.71. The number of hydrogen-bond acceptors (Lipinski definition) is 3. The molecule has 11 aromatic rings. The van der Waals surface area contributed by atoms with E-state index in [9.17, 15) is 0 Å². The molecule has 0 fully saturated rings. The lowest BCUT2D eigenvalue weighted by Crippen LogP contribution is -2.16. The fourth-order valence-corrected chi connectivity index (χ4v) is 9.76. The number of para-hydroxylation sites is 2. The van der Waals surface area contributed by atoms with Crippen LogP contribution in [0.15, 0.2) is 197 Å². The average Bonchev–Trinajstić information content (AvgIpc) is 3.92. The Balaban J connectivity index is 1.04. The van der Waals surface area contributed by atoms with Gasteiger partial charge in [0.2, 0.25) is 0 Å². The highest BCUT2D eigenvalue weighted by molar-refractivity contribution is 6.31. The van der Waals surface area contributed by atoms with Crippen molar-refractivity contribution in [2.75, 3.05) is 4.90 Å². The third-order valence-corrected chi connectivity index (χ3v) is 12.5. The predicted molar refractivity (Wildman–Crippen MR) is 242 cm³/mol. The van der Waals surface area contributed by atoms with Gasteiger partial charge in [-0.05, 0) is 104 Å². The van der Waals surface area contributed by atoms with Gasteiger partial charge in [0.1, 0.15) is 22.3 Å². The van der Waals surface area contributed by atoms with E-state index in [0.29, 0.717) is 0 Å². The number of anilines is 3. The van der Waals surface area contributed by atoms with Gasteiger partial charge in [0.05, 0.1) is 5.69 Å². The Morgan fingerprint density at radius 3 is 1.78 bits per heavy atom. The van der Waals surface area contributed by atoms with Gasteiger partial charge < -0.3 is 13.7 Å². The zero-order valence-corrected chi connectivity index (χ0v) is 32.2. The fourth-order valence-electron chi connectivity index (χ4n) is 9.76. The Labute approximate surface area is 336 Å². The lowest BCUT2D eigenvalue weighted by atomic mass is 9.82. The first-order valence-electron chi connectivity index (χ1n) is 20.0. The minimum atomic E-state index is -0.122. The molecule has 58 heavy (non-hydrogen) atoms. The first-order chi connectivity index (χ1) is 28.5. The van der Waals surface area contributed by atoms with Crippen LogP contribution in [-0.4, -0.2) is 0 Å². The van der Waals surface area contributed by atoms with Crippen LogP contribution in [0.25, 0.3) is 88.0 Å². The van der Waals surface area contributed by atoms with E-state index < -0.39 is 0 Å². The molecule has 274 valence electrons. The van der Waals surface area contributed by atoms with Crippen molar-refractivity contribution in [3.8, 4) is 33.4 Å². The van der Waals surface area contributed by atoms with Crippen molar-refractivity contribution in [2.45, 2.75) is 19.3 Å². The van der Waals surface area contributed by atoms with E-state index in [1.165, 1.54) is 38.8 Å². The van der Waals surface area contributed by atoms with Crippen LogP contribution in [0.4, 0.5) is 17.1 Å². The normalized spacial score (nSPS) is 13.1. The molecule has 0 N–H and O–H groups in total. The molecular formula is C55H37NO2. The Morgan fingerprint density at radius 2 is 0.948 bits per heavy atom. The van der Waals surface area contributed by atoms with Gasteiger partial charge in [-0.2, -0.15) is 0 Å². The number of hydrogen-bond donors (Lipinski definition) is 0. The minimum absolute atomic E-state index is 0.122. The molecule has 0 amide bonds. The summed E-state index contributed by atoms with van der Waals surface area (Å²) < 4.78 is 13.0. The van der Waals surface area contributed by atoms with Gasteiger partial charge >= 0.3 is 0 Å². The highest BCUT2D eigenvalue weighted by Gasteiger charge is 2.36. The highest BCUT2D eigenvalue weighted by atomic mass is 16.3. The lowest BCUT2D eigenvalue weighted by Gasteiger charge is -2.30. The number of benzene rings is 9. The van der Waals surface area contributed by atoms with Crippen LogP contribution < -0.4 is 4.90 Å². The second kappa shape index (κ2) is 12.3. The molecule has 12 rings (SSSR count). The Hall–Kier alpha value is -7.36. The first-order valence-corrected chi connectivity index (χ1v) is 20.0. The van der Waals surface area contributed by atoms with Crippen LogP contribution in [0, 0.1) is 0 Å². The number of rotatable bonds is 5. The van der Waals surface area contributed by atoms with Gasteiger partial charge in [0, 0.05) is 43.9 Å². The lowest BCUT2D eigenvalue weighted by molar-refractivity contribution is 0.660. The van der Waals surface area contributed by atoms with E-state index in [-0.39, 0.29) is 5.41 Å². The SMILES string of the molecule is CC1(C)c2ccccc2-c2ccc(N(c3ccc(-c4cc5oc6ccc7oc8ccccc8c7c6c5c5ccccc45)cc3)c3ccccc3-c3ccccc3)cc21. The second-order valence-corrected chi connectivity index (χ2v) is 16.0. The van der Waals surface area contributed by atoms with Crippen molar-refractivity contribution in [1.29, 1.82) is 0 Å². The molecule has 0 spiro atoms. The molecule has 1 aliphatic carbocycles. The molecule has 0 saturated heterocycles. The molecule has 0 bridgehead atoms. The molecule has 9 aromatic carbocycles. The fraction of sp³-hybridized carbons (Fsp3) is 0.0545. The molecule has 3 nitrogen and oxygen atoms in total. The van der Waals surface area contributed by atoms with Gasteiger partial charge in [-0.25, -0.2) is 0 Å². The van der Waals surface area contributed by atoms with Crippen molar-refractivity contribution < 1.29 is 8.83 Å². The standard InChI is InChI=1S/C55H37NO2/c1-55(2)45-21-11-8-18-40(45)41-29-28-37(32-46(41)55)56(47-22-12-9-16-38(47)34-14-4-3-5-15-34)36-26-24-35(25-27-36)44-33-51-52(42-19-7-6-17-39(42)44)54-50(58-51)31-30-49-53(54)43-20-10-13-23-48(43)57-49/h3-33H,1-2H3. The summed E-state index contributed by atoms with van der Waals surface area (Å²) in [6, 6.07) is 67.7. The average molecular weight is 744 g/mol. The van der Waals surface area contributed by atoms with Crippen LogP contribution in [0.3, 0.4) is 0 Å². The summed E-state index contributed by atoms with van der Waals surface area (Å²) in [4.78, 5) is 2.42.